The van der Waals surface area contributed by atoms with Gasteiger partial charge in [0.25, 0.3) is 0 Å². The van der Waals surface area contributed by atoms with Gasteiger partial charge in [-0.05, 0) is 39.8 Å². The predicted octanol–water partition coefficient (Wildman–Crippen LogP) is 3.28. The van der Waals surface area contributed by atoms with E-state index < -0.39 is 5.60 Å². The summed E-state index contributed by atoms with van der Waals surface area (Å²) in [5.41, 5.74) is -0.451. The summed E-state index contributed by atoms with van der Waals surface area (Å²) in [5, 5.41) is 6.15. The van der Waals surface area contributed by atoms with Crippen LogP contribution in [0.25, 0.3) is 0 Å². The first-order chi connectivity index (χ1) is 9.87. The second kappa shape index (κ2) is 8.95. The van der Waals surface area contributed by atoms with Crippen molar-refractivity contribution in [1.82, 2.24) is 10.6 Å². The highest BCUT2D eigenvalue weighted by molar-refractivity contribution is 7.99. The zero-order valence-corrected chi connectivity index (χ0v) is 14.1. The second-order valence-electron chi connectivity index (χ2n) is 5.90. The van der Waals surface area contributed by atoms with Crippen LogP contribution in [0, 0.1) is 0 Å². The van der Waals surface area contributed by atoms with Crippen LogP contribution < -0.4 is 10.6 Å². The van der Waals surface area contributed by atoms with Gasteiger partial charge in [-0.3, -0.25) is 0 Å². The Labute approximate surface area is 132 Å². The molecule has 1 aromatic rings. The molecule has 4 nitrogen and oxygen atoms in total. The van der Waals surface area contributed by atoms with Crippen LogP contribution in [-0.4, -0.2) is 36.6 Å². The van der Waals surface area contributed by atoms with Gasteiger partial charge in [0.2, 0.25) is 0 Å². The molecule has 0 saturated heterocycles. The maximum absolute atomic E-state index is 11.5. The SMILES string of the molecule is CC(CNC(=O)OC(C)(C)C)NCCSc1ccccc1. The van der Waals surface area contributed by atoms with E-state index in [1.54, 1.807) is 0 Å². The molecule has 1 amide bonds. The normalized spacial score (nSPS) is 12.8. The molecule has 118 valence electrons. The number of benzene rings is 1. The molecule has 0 radical (unpaired) electrons. The van der Waals surface area contributed by atoms with E-state index in [9.17, 15) is 4.79 Å². The summed E-state index contributed by atoms with van der Waals surface area (Å²) in [6.07, 6.45) is -0.366. The molecule has 0 fully saturated rings. The first-order valence-electron chi connectivity index (χ1n) is 7.25. The first-order valence-corrected chi connectivity index (χ1v) is 8.23. The lowest BCUT2D eigenvalue weighted by Crippen LogP contribution is -2.41. The highest BCUT2D eigenvalue weighted by atomic mass is 32.2. The standard InChI is InChI=1S/C16H26N2O2S/c1-13(12-18-15(19)20-16(2,3)4)17-10-11-21-14-8-6-5-7-9-14/h5-9,13,17H,10-12H2,1-4H3,(H,18,19). The fourth-order valence-corrected chi connectivity index (χ4v) is 2.42. The topological polar surface area (TPSA) is 50.4 Å². The molecule has 0 heterocycles. The van der Waals surface area contributed by atoms with Gasteiger partial charge in [0.1, 0.15) is 5.60 Å². The molecule has 0 aliphatic heterocycles. The monoisotopic (exact) mass is 310 g/mol. The van der Waals surface area contributed by atoms with Gasteiger partial charge < -0.3 is 15.4 Å². The van der Waals surface area contributed by atoms with E-state index in [1.165, 1.54) is 4.90 Å². The van der Waals surface area contributed by atoms with Crippen molar-refractivity contribution < 1.29 is 9.53 Å². The fourth-order valence-electron chi connectivity index (χ4n) is 1.61. The smallest absolute Gasteiger partial charge is 0.407 e. The lowest BCUT2D eigenvalue weighted by atomic mass is 10.2. The maximum Gasteiger partial charge on any atom is 0.407 e. The van der Waals surface area contributed by atoms with Crippen molar-refractivity contribution in [2.45, 2.75) is 44.2 Å². The Morgan fingerprint density at radius 1 is 1.29 bits per heavy atom. The number of hydrogen-bond donors (Lipinski definition) is 2. The highest BCUT2D eigenvalue weighted by Gasteiger charge is 2.16. The molecule has 0 aliphatic carbocycles. The van der Waals surface area contributed by atoms with E-state index in [0.717, 1.165) is 12.3 Å². The molecule has 0 bridgehead atoms. The van der Waals surface area contributed by atoms with E-state index in [-0.39, 0.29) is 12.1 Å². The molecule has 1 unspecified atom stereocenters. The average molecular weight is 310 g/mol. The van der Waals surface area contributed by atoms with Crippen LogP contribution in [0.4, 0.5) is 4.79 Å². The van der Waals surface area contributed by atoms with Gasteiger partial charge in [0.05, 0.1) is 0 Å². The van der Waals surface area contributed by atoms with Crippen molar-refractivity contribution in [3.63, 3.8) is 0 Å². The van der Waals surface area contributed by atoms with Gasteiger partial charge in [-0.2, -0.15) is 0 Å². The molecule has 5 heteroatoms. The predicted molar refractivity (Wildman–Crippen MR) is 88.9 cm³/mol. The highest BCUT2D eigenvalue weighted by Crippen LogP contribution is 2.15. The number of hydrogen-bond acceptors (Lipinski definition) is 4. The Morgan fingerprint density at radius 2 is 1.95 bits per heavy atom. The molecule has 0 aromatic heterocycles. The van der Waals surface area contributed by atoms with E-state index in [0.29, 0.717) is 6.54 Å². The van der Waals surface area contributed by atoms with Gasteiger partial charge in [0, 0.05) is 29.8 Å². The molecular weight excluding hydrogens is 284 g/mol. The Bertz CT molecular complexity index is 418. The third-order valence-corrected chi connectivity index (χ3v) is 3.57. The summed E-state index contributed by atoms with van der Waals surface area (Å²) < 4.78 is 5.19. The summed E-state index contributed by atoms with van der Waals surface area (Å²) in [4.78, 5) is 12.8. The second-order valence-corrected chi connectivity index (χ2v) is 7.07. The molecule has 0 aliphatic rings. The number of nitrogens with one attached hydrogen (secondary N) is 2. The number of carbonyl (C=O) groups excluding carboxylic acids is 1. The van der Waals surface area contributed by atoms with E-state index in [2.05, 4.69) is 22.8 Å². The van der Waals surface area contributed by atoms with Crippen molar-refractivity contribution in [3.05, 3.63) is 30.3 Å². The number of carbonyl (C=O) groups is 1. The van der Waals surface area contributed by atoms with Gasteiger partial charge in [-0.15, -0.1) is 11.8 Å². The summed E-state index contributed by atoms with van der Waals surface area (Å²) in [5.74, 6) is 1.00. The Balaban J connectivity index is 2.09. The van der Waals surface area contributed by atoms with Crippen molar-refractivity contribution >= 4 is 17.9 Å². The zero-order valence-electron chi connectivity index (χ0n) is 13.3. The lowest BCUT2D eigenvalue weighted by molar-refractivity contribution is 0.0523. The summed E-state index contributed by atoms with van der Waals surface area (Å²) in [6, 6.07) is 10.5. The third-order valence-electron chi connectivity index (χ3n) is 2.56. The Hall–Kier alpha value is -1.20. The largest absolute Gasteiger partial charge is 0.444 e. The molecular formula is C16H26N2O2S. The van der Waals surface area contributed by atoms with Gasteiger partial charge in [-0.25, -0.2) is 4.79 Å². The Kier molecular flexibility index (Phi) is 7.61. The van der Waals surface area contributed by atoms with Crippen LogP contribution in [-0.2, 0) is 4.74 Å². The maximum atomic E-state index is 11.5. The minimum Gasteiger partial charge on any atom is -0.444 e. The van der Waals surface area contributed by atoms with Crippen molar-refractivity contribution in [3.8, 4) is 0 Å². The van der Waals surface area contributed by atoms with Crippen molar-refractivity contribution in [1.29, 1.82) is 0 Å². The lowest BCUT2D eigenvalue weighted by Gasteiger charge is -2.21. The zero-order chi connectivity index (χ0) is 15.7. The van der Waals surface area contributed by atoms with Crippen LogP contribution in [0.1, 0.15) is 27.7 Å². The van der Waals surface area contributed by atoms with Gasteiger partial charge in [-0.1, -0.05) is 18.2 Å². The molecule has 21 heavy (non-hydrogen) atoms. The van der Waals surface area contributed by atoms with Crippen LogP contribution in [0.15, 0.2) is 35.2 Å². The average Bonchev–Trinajstić information content (AvgIpc) is 2.41. The van der Waals surface area contributed by atoms with Crippen LogP contribution >= 0.6 is 11.8 Å². The van der Waals surface area contributed by atoms with Crippen LogP contribution in [0.5, 0.6) is 0 Å². The number of amides is 1. The van der Waals surface area contributed by atoms with Crippen LogP contribution in [0.2, 0.25) is 0 Å². The minimum atomic E-state index is -0.451. The van der Waals surface area contributed by atoms with Gasteiger partial charge >= 0.3 is 6.09 Å². The van der Waals surface area contributed by atoms with E-state index in [4.69, 9.17) is 4.74 Å². The number of rotatable bonds is 7. The van der Waals surface area contributed by atoms with Crippen molar-refractivity contribution in [2.75, 3.05) is 18.8 Å². The quantitative estimate of drug-likeness (QED) is 0.599. The van der Waals surface area contributed by atoms with Gasteiger partial charge in [0.15, 0.2) is 0 Å². The minimum absolute atomic E-state index is 0.217. The number of thioether (sulfide) groups is 1. The van der Waals surface area contributed by atoms with Crippen LogP contribution in [0.3, 0.4) is 0 Å². The number of alkyl carbamates (subject to hydrolysis) is 1. The third kappa shape index (κ3) is 9.37. The fraction of sp³-hybridized carbons (Fsp3) is 0.562. The summed E-state index contributed by atoms with van der Waals surface area (Å²) in [6.45, 7) is 9.07. The van der Waals surface area contributed by atoms with E-state index >= 15 is 0 Å². The Morgan fingerprint density at radius 3 is 2.57 bits per heavy atom. The summed E-state index contributed by atoms with van der Waals surface area (Å²) in [7, 11) is 0. The molecule has 1 rings (SSSR count). The molecule has 2 N–H and O–H groups in total. The molecule has 1 aromatic carbocycles. The molecule has 0 spiro atoms. The van der Waals surface area contributed by atoms with Crippen molar-refractivity contribution in [2.24, 2.45) is 0 Å². The first kappa shape index (κ1) is 17.9. The summed E-state index contributed by atoms with van der Waals surface area (Å²) >= 11 is 1.82. The molecule has 1 atom stereocenters. The number of ether oxygens (including phenoxy) is 1. The molecule has 0 saturated carbocycles. The van der Waals surface area contributed by atoms with E-state index in [1.807, 2.05) is 57.7 Å².